The third kappa shape index (κ3) is 9.74. The van der Waals surface area contributed by atoms with Crippen molar-refractivity contribution in [3.63, 3.8) is 0 Å². The topological polar surface area (TPSA) is 98.8 Å². The van der Waals surface area contributed by atoms with E-state index in [2.05, 4.69) is 17.2 Å². The molecule has 0 fully saturated rings. The van der Waals surface area contributed by atoms with Gasteiger partial charge in [0, 0.05) is 43.4 Å². The Morgan fingerprint density at radius 3 is 2.39 bits per heavy atom. The number of ketones is 1. The van der Waals surface area contributed by atoms with E-state index in [1.807, 2.05) is 39.8 Å². The third-order valence-corrected chi connectivity index (χ3v) is 4.60. The van der Waals surface area contributed by atoms with Crippen LogP contribution in [0.3, 0.4) is 0 Å². The molecule has 0 aromatic carbocycles. The second-order valence-corrected chi connectivity index (χ2v) is 9.25. The Balaban J connectivity index is 2.72. The van der Waals surface area contributed by atoms with Gasteiger partial charge in [-0.05, 0) is 32.5 Å². The Bertz CT molecular complexity index is 757. The van der Waals surface area contributed by atoms with Crippen LogP contribution >= 0.6 is 0 Å². The van der Waals surface area contributed by atoms with E-state index < -0.39 is 6.04 Å². The number of hydrogen-bond donors (Lipinski definition) is 2. The molecule has 1 heterocycles. The largest absolute Gasteiger partial charge is 0.354 e. The highest BCUT2D eigenvalue weighted by Crippen LogP contribution is 2.20. The summed E-state index contributed by atoms with van der Waals surface area (Å²) in [6, 6.07) is -0.917. The fourth-order valence-corrected chi connectivity index (χ4v) is 2.88. The SMILES string of the molecule is C=C1C=CC(=O)N1CCNC(=O)CC(NC(=O)/C(C)=C/CN(C)C)C(=O)CC(C)(C)C. The molecule has 0 radical (unpaired) electrons. The quantitative estimate of drug-likeness (QED) is 0.481. The summed E-state index contributed by atoms with van der Waals surface area (Å²) in [5.41, 5.74) is 0.793. The predicted molar refractivity (Wildman–Crippen MR) is 121 cm³/mol. The summed E-state index contributed by atoms with van der Waals surface area (Å²) in [5.74, 6) is -1.10. The van der Waals surface area contributed by atoms with E-state index in [-0.39, 0.29) is 54.9 Å². The molecule has 31 heavy (non-hydrogen) atoms. The smallest absolute Gasteiger partial charge is 0.251 e. The highest BCUT2D eigenvalue weighted by Gasteiger charge is 2.28. The standard InChI is InChI=1S/C23H36N4O4/c1-16(10-12-26(6)7)22(31)25-18(19(28)15-23(3,4)5)14-20(29)24-11-13-27-17(2)8-9-21(27)30/h8-10,18H,2,11-15H2,1,3-7H3,(H,24,29)(H,25,31)/b16-10+. The first kappa shape index (κ1) is 26.3. The maximum Gasteiger partial charge on any atom is 0.251 e. The molecule has 2 N–H and O–H groups in total. The van der Waals surface area contributed by atoms with Crippen LogP contribution in [0.2, 0.25) is 0 Å². The van der Waals surface area contributed by atoms with Gasteiger partial charge in [0.15, 0.2) is 5.78 Å². The van der Waals surface area contributed by atoms with Crippen molar-refractivity contribution in [3.05, 3.63) is 36.1 Å². The summed E-state index contributed by atoms with van der Waals surface area (Å²) >= 11 is 0. The summed E-state index contributed by atoms with van der Waals surface area (Å²) < 4.78 is 0. The van der Waals surface area contributed by atoms with E-state index in [1.165, 1.54) is 11.0 Å². The number of carbonyl (C=O) groups excluding carboxylic acids is 4. The molecule has 1 aliphatic heterocycles. The first-order chi connectivity index (χ1) is 14.3. The van der Waals surface area contributed by atoms with Crippen molar-refractivity contribution < 1.29 is 19.2 Å². The number of allylic oxidation sites excluding steroid dienone is 1. The molecule has 0 aliphatic carbocycles. The van der Waals surface area contributed by atoms with Gasteiger partial charge < -0.3 is 20.4 Å². The molecule has 0 aromatic heterocycles. The molecule has 0 saturated carbocycles. The monoisotopic (exact) mass is 432 g/mol. The lowest BCUT2D eigenvalue weighted by atomic mass is 9.87. The maximum absolute atomic E-state index is 12.8. The Hall–Kier alpha value is -2.74. The minimum Gasteiger partial charge on any atom is -0.354 e. The van der Waals surface area contributed by atoms with Gasteiger partial charge in [-0.2, -0.15) is 0 Å². The minimum absolute atomic E-state index is 0.158. The highest BCUT2D eigenvalue weighted by atomic mass is 16.2. The van der Waals surface area contributed by atoms with Crippen molar-refractivity contribution in [3.8, 4) is 0 Å². The minimum atomic E-state index is -0.917. The van der Waals surface area contributed by atoms with E-state index in [0.29, 0.717) is 17.8 Å². The lowest BCUT2D eigenvalue weighted by molar-refractivity contribution is -0.130. The van der Waals surface area contributed by atoms with E-state index in [0.717, 1.165) is 0 Å². The van der Waals surface area contributed by atoms with Gasteiger partial charge in [-0.25, -0.2) is 0 Å². The van der Waals surface area contributed by atoms with Crippen LogP contribution in [-0.4, -0.2) is 73.1 Å². The van der Waals surface area contributed by atoms with Crippen LogP contribution in [0.5, 0.6) is 0 Å². The molecule has 8 heteroatoms. The average molecular weight is 433 g/mol. The molecule has 0 bridgehead atoms. The zero-order valence-corrected chi connectivity index (χ0v) is 19.6. The van der Waals surface area contributed by atoms with Crippen LogP contribution in [0.15, 0.2) is 36.1 Å². The van der Waals surface area contributed by atoms with Crippen molar-refractivity contribution >= 4 is 23.5 Å². The normalized spacial score (nSPS) is 15.5. The molecule has 1 rings (SSSR count). The molecule has 1 aliphatic rings. The third-order valence-electron chi connectivity index (χ3n) is 4.60. The zero-order valence-electron chi connectivity index (χ0n) is 19.6. The van der Waals surface area contributed by atoms with Gasteiger partial charge in [-0.3, -0.25) is 19.2 Å². The van der Waals surface area contributed by atoms with Crippen LogP contribution in [0, 0.1) is 5.41 Å². The van der Waals surface area contributed by atoms with Crippen molar-refractivity contribution in [1.82, 2.24) is 20.4 Å². The van der Waals surface area contributed by atoms with Gasteiger partial charge in [-0.1, -0.05) is 33.4 Å². The zero-order chi connectivity index (χ0) is 23.8. The molecule has 0 saturated heterocycles. The number of amides is 3. The number of Topliss-reactive ketones (excluding diaryl/α,β-unsaturated/α-hetero) is 1. The second kappa shape index (κ2) is 11.6. The van der Waals surface area contributed by atoms with Crippen molar-refractivity contribution in [2.45, 2.75) is 46.6 Å². The Kier molecular flexibility index (Phi) is 9.84. The lowest BCUT2D eigenvalue weighted by Crippen LogP contribution is -2.46. The van der Waals surface area contributed by atoms with Crippen LogP contribution in [-0.2, 0) is 19.2 Å². The van der Waals surface area contributed by atoms with E-state index in [4.69, 9.17) is 0 Å². The number of hydrogen-bond acceptors (Lipinski definition) is 5. The van der Waals surface area contributed by atoms with Crippen LogP contribution in [0.25, 0.3) is 0 Å². The van der Waals surface area contributed by atoms with Gasteiger partial charge in [0.25, 0.3) is 5.91 Å². The van der Waals surface area contributed by atoms with Crippen molar-refractivity contribution in [2.75, 3.05) is 33.7 Å². The second-order valence-electron chi connectivity index (χ2n) is 9.25. The van der Waals surface area contributed by atoms with Gasteiger partial charge in [-0.15, -0.1) is 0 Å². The first-order valence-electron chi connectivity index (χ1n) is 10.4. The maximum atomic E-state index is 12.8. The van der Waals surface area contributed by atoms with Crippen LogP contribution in [0.1, 0.15) is 40.5 Å². The first-order valence-corrected chi connectivity index (χ1v) is 10.4. The van der Waals surface area contributed by atoms with E-state index in [1.54, 1.807) is 19.1 Å². The molecule has 1 unspecified atom stereocenters. The summed E-state index contributed by atoms with van der Waals surface area (Å²) in [4.78, 5) is 52.9. The fraction of sp³-hybridized carbons (Fsp3) is 0.565. The summed E-state index contributed by atoms with van der Waals surface area (Å²) in [6.45, 7) is 12.3. The summed E-state index contributed by atoms with van der Waals surface area (Å²) in [6.07, 6.45) is 4.89. The van der Waals surface area contributed by atoms with Gasteiger partial charge in [0.05, 0.1) is 12.5 Å². The summed E-state index contributed by atoms with van der Waals surface area (Å²) in [5, 5.41) is 5.43. The molecule has 1 atom stereocenters. The predicted octanol–water partition coefficient (Wildman–Crippen LogP) is 1.40. The van der Waals surface area contributed by atoms with E-state index >= 15 is 0 Å². The van der Waals surface area contributed by atoms with E-state index in [9.17, 15) is 19.2 Å². The number of likely N-dealkylation sites (N-methyl/N-ethyl adjacent to an activating group) is 1. The molecule has 0 spiro atoms. The van der Waals surface area contributed by atoms with Crippen molar-refractivity contribution in [1.29, 1.82) is 0 Å². The summed E-state index contributed by atoms with van der Waals surface area (Å²) in [7, 11) is 3.78. The molecule has 172 valence electrons. The average Bonchev–Trinajstić information content (AvgIpc) is 2.96. The Labute approximate surface area is 185 Å². The highest BCUT2D eigenvalue weighted by molar-refractivity contribution is 5.98. The lowest BCUT2D eigenvalue weighted by Gasteiger charge is -2.23. The molecular weight excluding hydrogens is 396 g/mol. The number of nitrogens with one attached hydrogen (secondary N) is 2. The van der Waals surface area contributed by atoms with Gasteiger partial charge in [0.1, 0.15) is 0 Å². The Morgan fingerprint density at radius 2 is 1.87 bits per heavy atom. The van der Waals surface area contributed by atoms with Crippen LogP contribution < -0.4 is 10.6 Å². The fourth-order valence-electron chi connectivity index (χ4n) is 2.88. The molecule has 8 nitrogen and oxygen atoms in total. The number of carbonyl (C=O) groups is 4. The van der Waals surface area contributed by atoms with Gasteiger partial charge >= 0.3 is 0 Å². The molecule has 3 amide bonds. The molecular formula is C23H36N4O4. The number of rotatable bonds is 11. The number of nitrogens with zero attached hydrogens (tertiary/aromatic N) is 2. The van der Waals surface area contributed by atoms with Crippen molar-refractivity contribution in [2.24, 2.45) is 5.41 Å². The van der Waals surface area contributed by atoms with Crippen LogP contribution in [0.4, 0.5) is 0 Å². The van der Waals surface area contributed by atoms with Gasteiger partial charge in [0.2, 0.25) is 11.8 Å². The Morgan fingerprint density at radius 1 is 1.23 bits per heavy atom. The molecule has 0 aromatic rings.